The van der Waals surface area contributed by atoms with Crippen molar-refractivity contribution < 1.29 is 0 Å². The first kappa shape index (κ1) is 108. The van der Waals surface area contributed by atoms with Crippen LogP contribution in [0.5, 0.6) is 0 Å². The molecule has 0 saturated heterocycles. The van der Waals surface area contributed by atoms with E-state index in [0.29, 0.717) is 0 Å². The van der Waals surface area contributed by atoms with Gasteiger partial charge in [0, 0.05) is 0 Å². The molecule has 0 rings (SSSR count). The van der Waals surface area contributed by atoms with Crippen molar-refractivity contribution in [3.63, 3.8) is 0 Å². The molecule has 0 N–H and O–H groups in total. The second-order valence-electron chi connectivity index (χ2n) is 35.4. The Balaban J connectivity index is -0.00000144. The zero-order valence-corrected chi connectivity index (χ0v) is 78.8. The van der Waals surface area contributed by atoms with E-state index in [4.69, 9.17) is 33.7 Å². The molecule has 0 aliphatic heterocycles. The molecule has 0 aliphatic carbocycles. The first-order chi connectivity index (χ1) is 49.6. The SMILES string of the molecule is CCCCCCCCCCCCCCP(Cl)(CCCCCC)(CCCCCC)CCCCCC.CCCCCCCCCCCCCCP(Cl)(CCCCCC)(CCCCCC)CCCCCC.CCCCCCCCCCCCCCP(Cl)(CCCCCC)(CCCCCC)CCCCCC. The summed E-state index contributed by atoms with van der Waals surface area (Å²) in [4.78, 5) is 0. The van der Waals surface area contributed by atoms with Gasteiger partial charge in [0.2, 0.25) is 0 Å². The van der Waals surface area contributed by atoms with E-state index in [1.807, 2.05) is 0 Å². The van der Waals surface area contributed by atoms with Gasteiger partial charge in [-0.3, -0.25) is 0 Å². The maximum absolute atomic E-state index is 8.00. The van der Waals surface area contributed by atoms with Crippen molar-refractivity contribution in [3.8, 4) is 0 Å². The van der Waals surface area contributed by atoms with Crippen LogP contribution in [0.3, 0.4) is 0 Å². The van der Waals surface area contributed by atoms with Crippen molar-refractivity contribution in [3.05, 3.63) is 0 Å². The normalized spacial score (nSPS) is 13.3. The molecule has 0 fully saturated rings. The van der Waals surface area contributed by atoms with Crippen LogP contribution in [-0.2, 0) is 0 Å². The van der Waals surface area contributed by atoms with Crippen LogP contribution in [0.15, 0.2) is 0 Å². The molecule has 0 aromatic heterocycles. The summed E-state index contributed by atoms with van der Waals surface area (Å²) in [5, 5.41) is 0. The molecular formula is C96H204Cl3P3. The predicted molar refractivity (Wildman–Crippen MR) is 497 cm³/mol. The first-order valence-corrected chi connectivity index (χ1v) is 60.4. The number of rotatable bonds is 84. The topological polar surface area (TPSA) is 0 Å². The standard InChI is InChI=1S/3C32H68ClP/c3*1-5-9-13-17-18-19-20-21-22-23-24-28-32-34(33,29-25-14-10-6-2,30-26-15-11-7-3)31-27-16-12-8-4/h3*5-32H2,1-4H3. The number of hydrogen-bond acceptors (Lipinski definition) is 0. The van der Waals surface area contributed by atoms with Crippen LogP contribution in [-0.4, -0.2) is 73.9 Å². The van der Waals surface area contributed by atoms with Crippen LogP contribution in [0.4, 0.5) is 0 Å². The number of unbranched alkanes of at least 4 members (excludes halogenated alkanes) is 60. The molecule has 0 aliphatic rings. The van der Waals surface area contributed by atoms with Gasteiger partial charge in [0.25, 0.3) is 0 Å². The Morgan fingerprint density at radius 1 is 0.0980 bits per heavy atom. The van der Waals surface area contributed by atoms with Gasteiger partial charge in [-0.1, -0.05) is 40.0 Å². The Kier molecular flexibility index (Phi) is 84.7. The average molecular weight is 1560 g/mol. The van der Waals surface area contributed by atoms with Crippen molar-refractivity contribution in [2.24, 2.45) is 0 Å². The maximum atomic E-state index is 8.00. The zero-order valence-electron chi connectivity index (χ0n) is 73.9. The molecule has 102 heavy (non-hydrogen) atoms. The van der Waals surface area contributed by atoms with Crippen LogP contribution >= 0.6 is 51.6 Å². The van der Waals surface area contributed by atoms with Gasteiger partial charge in [-0.2, -0.15) is 0 Å². The van der Waals surface area contributed by atoms with E-state index in [0.717, 1.165) is 0 Å². The monoisotopic (exact) mass is 1560 g/mol. The molecule has 6 heteroatoms. The van der Waals surface area contributed by atoms with E-state index in [9.17, 15) is 0 Å². The third-order valence-electron chi connectivity index (χ3n) is 24.8. The van der Waals surface area contributed by atoms with E-state index in [1.165, 1.54) is 536 Å². The molecule has 0 amide bonds. The molecule has 624 valence electrons. The van der Waals surface area contributed by atoms with Crippen LogP contribution in [0, 0.1) is 0 Å². The molecule has 0 aromatic rings. The van der Waals surface area contributed by atoms with E-state index in [-0.39, 0.29) is 0 Å². The summed E-state index contributed by atoms with van der Waals surface area (Å²) in [6.45, 7) is 27.9. The predicted octanol–water partition coefficient (Wildman–Crippen LogP) is 39.4. The third kappa shape index (κ3) is 70.1. The quantitative estimate of drug-likeness (QED) is 0.0421. The van der Waals surface area contributed by atoms with Gasteiger partial charge >= 0.3 is 631 Å². The van der Waals surface area contributed by atoms with Gasteiger partial charge < -0.3 is 0 Å². The van der Waals surface area contributed by atoms with Crippen molar-refractivity contribution in [2.75, 3.05) is 73.9 Å². The van der Waals surface area contributed by atoms with Gasteiger partial charge in [0.15, 0.2) is 0 Å². The van der Waals surface area contributed by atoms with Gasteiger partial charge in [0.05, 0.1) is 0 Å². The molecule has 0 heterocycles. The Bertz CT molecular complexity index is 1300. The van der Waals surface area contributed by atoms with E-state index in [2.05, 4.69) is 83.1 Å². The molecular weight excluding hydrogens is 1350 g/mol. The van der Waals surface area contributed by atoms with Crippen molar-refractivity contribution in [1.82, 2.24) is 0 Å². The molecule has 0 spiro atoms. The fourth-order valence-electron chi connectivity index (χ4n) is 17.5. The van der Waals surface area contributed by atoms with Crippen molar-refractivity contribution in [1.29, 1.82) is 0 Å². The van der Waals surface area contributed by atoms with Gasteiger partial charge in [-0.25, -0.2) is 0 Å². The first-order valence-electron chi connectivity index (χ1n) is 48.8. The summed E-state index contributed by atoms with van der Waals surface area (Å²) in [5.41, 5.74) is 0. The second-order valence-corrected chi connectivity index (χ2v) is 60.2. The fourth-order valence-corrected chi connectivity index (χ4v) is 38.0. The summed E-state index contributed by atoms with van der Waals surface area (Å²) >= 11 is 24.0. The minimum atomic E-state index is -2.07. The Labute approximate surface area is 666 Å². The van der Waals surface area contributed by atoms with Crippen LogP contribution in [0.1, 0.15) is 545 Å². The molecule has 0 unspecified atom stereocenters. The van der Waals surface area contributed by atoms with Gasteiger partial charge in [0.1, 0.15) is 0 Å². The Morgan fingerprint density at radius 2 is 0.157 bits per heavy atom. The molecule has 0 atom stereocenters. The summed E-state index contributed by atoms with van der Waals surface area (Å²) < 4.78 is 0. The van der Waals surface area contributed by atoms with E-state index >= 15 is 0 Å². The molecule has 0 radical (unpaired) electrons. The average Bonchev–Trinajstić information content (AvgIpc) is 0.807. The van der Waals surface area contributed by atoms with Crippen LogP contribution in [0.2, 0.25) is 0 Å². The third-order valence-corrected chi connectivity index (χ3v) is 48.1. The Morgan fingerprint density at radius 3 is 0.235 bits per heavy atom. The fraction of sp³-hybridized carbons (Fsp3) is 1.00. The van der Waals surface area contributed by atoms with Crippen molar-refractivity contribution >= 4 is 51.6 Å². The summed E-state index contributed by atoms with van der Waals surface area (Å²) in [6.07, 6.45) is 119. The Hall–Kier alpha value is 2.16. The number of halogens is 3. The van der Waals surface area contributed by atoms with E-state index < -0.39 is 17.9 Å². The van der Waals surface area contributed by atoms with Crippen LogP contribution in [0.25, 0.3) is 0 Å². The summed E-state index contributed by atoms with van der Waals surface area (Å²) in [6, 6.07) is 0. The van der Waals surface area contributed by atoms with Crippen LogP contribution < -0.4 is 0 Å². The molecule has 0 aromatic carbocycles. The molecule has 0 saturated carbocycles. The van der Waals surface area contributed by atoms with Gasteiger partial charge in [-0.05, 0) is 0 Å². The summed E-state index contributed by atoms with van der Waals surface area (Å²) in [7, 11) is 0. The van der Waals surface area contributed by atoms with Gasteiger partial charge in [-0.15, -0.1) is 0 Å². The molecule has 0 nitrogen and oxygen atoms in total. The second kappa shape index (κ2) is 79.8. The van der Waals surface area contributed by atoms with E-state index in [1.54, 1.807) is 0 Å². The van der Waals surface area contributed by atoms with Crippen molar-refractivity contribution in [2.45, 2.75) is 545 Å². The number of hydrogen-bond donors (Lipinski definition) is 0. The summed E-state index contributed by atoms with van der Waals surface area (Å²) in [5.74, 6) is -6.20. The molecule has 0 bridgehead atoms. The minimum absolute atomic E-state index is 1.34. The zero-order chi connectivity index (χ0) is 75.7.